The number of rotatable bonds is 8. The van der Waals surface area contributed by atoms with Crippen LogP contribution in [0.5, 0.6) is 0 Å². The molecule has 1 N–H and O–H groups in total. The lowest BCUT2D eigenvalue weighted by Crippen LogP contribution is -2.26. The summed E-state index contributed by atoms with van der Waals surface area (Å²) in [5.41, 5.74) is 1.31. The van der Waals surface area contributed by atoms with Crippen LogP contribution in [-0.2, 0) is 0 Å². The first-order valence-electron chi connectivity index (χ1n) is 5.54. The van der Waals surface area contributed by atoms with E-state index < -0.39 is 0 Å². The number of hydrogen-bond donors (Lipinski definition) is 1. The Balaban J connectivity index is 3.16. The summed E-state index contributed by atoms with van der Waals surface area (Å²) in [7, 11) is 0. The SMILES string of the molecule is C=C(C)CCCCC(C)NCCC. The number of hydrogen-bond acceptors (Lipinski definition) is 1. The molecule has 0 aromatic heterocycles. The molecular weight excluding hydrogens is 158 g/mol. The number of allylic oxidation sites excluding steroid dienone is 1. The molecule has 0 radical (unpaired) electrons. The molecule has 0 amide bonds. The maximum atomic E-state index is 3.91. The predicted molar refractivity (Wildman–Crippen MR) is 61.0 cm³/mol. The summed E-state index contributed by atoms with van der Waals surface area (Å²) < 4.78 is 0. The summed E-state index contributed by atoms with van der Waals surface area (Å²) in [6.07, 6.45) is 6.35. The van der Waals surface area contributed by atoms with Crippen LogP contribution in [0.1, 0.15) is 52.9 Å². The standard InChI is InChI=1S/C12H25N/c1-5-10-13-12(4)9-7-6-8-11(2)3/h12-13H,2,5-10H2,1,3-4H3. The van der Waals surface area contributed by atoms with Gasteiger partial charge in [0.25, 0.3) is 0 Å². The van der Waals surface area contributed by atoms with Gasteiger partial charge >= 0.3 is 0 Å². The second kappa shape index (κ2) is 8.31. The van der Waals surface area contributed by atoms with Crippen molar-refractivity contribution in [3.8, 4) is 0 Å². The van der Waals surface area contributed by atoms with Crippen LogP contribution >= 0.6 is 0 Å². The third kappa shape index (κ3) is 9.62. The van der Waals surface area contributed by atoms with Crippen LogP contribution in [0.25, 0.3) is 0 Å². The van der Waals surface area contributed by atoms with Crippen LogP contribution in [0.3, 0.4) is 0 Å². The zero-order valence-corrected chi connectivity index (χ0v) is 9.53. The van der Waals surface area contributed by atoms with Gasteiger partial charge in [-0.2, -0.15) is 0 Å². The average Bonchev–Trinajstić information content (AvgIpc) is 2.08. The minimum absolute atomic E-state index is 0.685. The van der Waals surface area contributed by atoms with Gasteiger partial charge in [0.1, 0.15) is 0 Å². The fraction of sp³-hybridized carbons (Fsp3) is 0.833. The van der Waals surface area contributed by atoms with Gasteiger partial charge in [-0.05, 0) is 46.1 Å². The van der Waals surface area contributed by atoms with E-state index in [0.29, 0.717) is 6.04 Å². The van der Waals surface area contributed by atoms with E-state index in [1.165, 1.54) is 37.7 Å². The topological polar surface area (TPSA) is 12.0 Å². The third-order valence-corrected chi connectivity index (χ3v) is 2.23. The lowest BCUT2D eigenvalue weighted by atomic mass is 10.1. The highest BCUT2D eigenvalue weighted by molar-refractivity contribution is 4.87. The van der Waals surface area contributed by atoms with Crippen molar-refractivity contribution in [2.24, 2.45) is 0 Å². The van der Waals surface area contributed by atoms with E-state index in [0.717, 1.165) is 6.54 Å². The molecule has 0 spiro atoms. The Labute approximate surface area is 83.6 Å². The van der Waals surface area contributed by atoms with Gasteiger partial charge in [-0.3, -0.25) is 0 Å². The Morgan fingerprint density at radius 3 is 2.62 bits per heavy atom. The zero-order valence-electron chi connectivity index (χ0n) is 9.53. The minimum Gasteiger partial charge on any atom is -0.314 e. The zero-order chi connectivity index (χ0) is 10.1. The molecule has 1 nitrogen and oxygen atoms in total. The van der Waals surface area contributed by atoms with E-state index in [9.17, 15) is 0 Å². The first kappa shape index (κ1) is 12.7. The van der Waals surface area contributed by atoms with Gasteiger partial charge in [0.05, 0.1) is 0 Å². The van der Waals surface area contributed by atoms with Gasteiger partial charge in [-0.25, -0.2) is 0 Å². The Morgan fingerprint density at radius 1 is 1.38 bits per heavy atom. The van der Waals surface area contributed by atoms with Crippen LogP contribution in [0, 0.1) is 0 Å². The summed E-state index contributed by atoms with van der Waals surface area (Å²) in [4.78, 5) is 0. The van der Waals surface area contributed by atoms with E-state index >= 15 is 0 Å². The lowest BCUT2D eigenvalue weighted by Gasteiger charge is -2.12. The summed E-state index contributed by atoms with van der Waals surface area (Å²) in [6, 6.07) is 0.685. The number of nitrogens with one attached hydrogen (secondary N) is 1. The molecule has 0 heterocycles. The molecule has 0 aromatic rings. The normalized spacial score (nSPS) is 12.8. The molecule has 0 aromatic carbocycles. The fourth-order valence-corrected chi connectivity index (χ4v) is 1.37. The summed E-state index contributed by atoms with van der Waals surface area (Å²) in [5, 5.41) is 3.50. The first-order valence-corrected chi connectivity index (χ1v) is 5.54. The van der Waals surface area contributed by atoms with Crippen LogP contribution in [0.2, 0.25) is 0 Å². The van der Waals surface area contributed by atoms with Crippen LogP contribution < -0.4 is 5.32 Å². The van der Waals surface area contributed by atoms with Crippen molar-refractivity contribution >= 4 is 0 Å². The smallest absolute Gasteiger partial charge is 0.00387 e. The molecule has 0 fully saturated rings. The third-order valence-electron chi connectivity index (χ3n) is 2.23. The maximum absolute atomic E-state index is 3.91. The number of unbranched alkanes of at least 4 members (excludes halogenated alkanes) is 1. The van der Waals surface area contributed by atoms with Crippen molar-refractivity contribution < 1.29 is 0 Å². The van der Waals surface area contributed by atoms with E-state index in [2.05, 4.69) is 32.7 Å². The Bertz CT molecular complexity index is 129. The summed E-state index contributed by atoms with van der Waals surface area (Å²) in [6.45, 7) is 11.7. The molecule has 0 aliphatic rings. The highest BCUT2D eigenvalue weighted by atomic mass is 14.9. The average molecular weight is 183 g/mol. The van der Waals surface area contributed by atoms with Crippen molar-refractivity contribution in [1.82, 2.24) is 5.32 Å². The van der Waals surface area contributed by atoms with E-state index in [4.69, 9.17) is 0 Å². The van der Waals surface area contributed by atoms with Crippen molar-refractivity contribution in [3.05, 3.63) is 12.2 Å². The molecule has 1 unspecified atom stereocenters. The first-order chi connectivity index (χ1) is 6.16. The molecule has 1 atom stereocenters. The van der Waals surface area contributed by atoms with Gasteiger partial charge in [0.15, 0.2) is 0 Å². The largest absolute Gasteiger partial charge is 0.314 e. The molecule has 0 aliphatic carbocycles. The van der Waals surface area contributed by atoms with Crippen LogP contribution in [0.4, 0.5) is 0 Å². The van der Waals surface area contributed by atoms with Crippen molar-refractivity contribution in [3.63, 3.8) is 0 Å². The fourth-order valence-electron chi connectivity index (χ4n) is 1.37. The van der Waals surface area contributed by atoms with E-state index in [1.54, 1.807) is 0 Å². The molecule has 0 rings (SSSR count). The molecule has 13 heavy (non-hydrogen) atoms. The van der Waals surface area contributed by atoms with Crippen molar-refractivity contribution in [1.29, 1.82) is 0 Å². The lowest BCUT2D eigenvalue weighted by molar-refractivity contribution is 0.489. The molecule has 0 aliphatic heterocycles. The second-order valence-electron chi connectivity index (χ2n) is 4.06. The molecule has 0 saturated carbocycles. The van der Waals surface area contributed by atoms with E-state index in [-0.39, 0.29) is 0 Å². The van der Waals surface area contributed by atoms with Gasteiger partial charge in [-0.15, -0.1) is 6.58 Å². The highest BCUT2D eigenvalue weighted by Crippen LogP contribution is 2.07. The van der Waals surface area contributed by atoms with Crippen LogP contribution in [-0.4, -0.2) is 12.6 Å². The highest BCUT2D eigenvalue weighted by Gasteiger charge is 1.99. The van der Waals surface area contributed by atoms with Gasteiger partial charge < -0.3 is 5.32 Å². The Morgan fingerprint density at radius 2 is 2.08 bits per heavy atom. The van der Waals surface area contributed by atoms with Crippen molar-refractivity contribution in [2.45, 2.75) is 58.9 Å². The van der Waals surface area contributed by atoms with Crippen molar-refractivity contribution in [2.75, 3.05) is 6.54 Å². The quantitative estimate of drug-likeness (QED) is 0.448. The molecule has 1 heteroatoms. The Kier molecular flexibility index (Phi) is 8.11. The Hall–Kier alpha value is -0.300. The molecule has 78 valence electrons. The second-order valence-corrected chi connectivity index (χ2v) is 4.06. The van der Waals surface area contributed by atoms with E-state index in [1.807, 2.05) is 0 Å². The predicted octanol–water partition coefficient (Wildman–Crippen LogP) is 3.51. The molecule has 0 saturated heterocycles. The maximum Gasteiger partial charge on any atom is 0.00387 e. The van der Waals surface area contributed by atoms with Crippen LogP contribution in [0.15, 0.2) is 12.2 Å². The molecule has 0 bridgehead atoms. The summed E-state index contributed by atoms with van der Waals surface area (Å²) >= 11 is 0. The van der Waals surface area contributed by atoms with Gasteiger partial charge in [-0.1, -0.05) is 18.9 Å². The molecular formula is C12H25N. The summed E-state index contributed by atoms with van der Waals surface area (Å²) in [5.74, 6) is 0. The minimum atomic E-state index is 0.685. The monoisotopic (exact) mass is 183 g/mol. The van der Waals surface area contributed by atoms with Gasteiger partial charge in [0.2, 0.25) is 0 Å². The van der Waals surface area contributed by atoms with Gasteiger partial charge in [0, 0.05) is 6.04 Å².